The molecule has 0 radical (unpaired) electrons. The maximum Gasteiger partial charge on any atom is 0.257 e. The number of methoxy groups -OCH3 is 2. The van der Waals surface area contributed by atoms with Gasteiger partial charge in [0.2, 0.25) is 0 Å². The minimum atomic E-state index is -0.263. The zero-order valence-electron chi connectivity index (χ0n) is 19.8. The number of hydrogen-bond donors (Lipinski definition) is 1. The maximum absolute atomic E-state index is 13.6. The van der Waals surface area contributed by atoms with E-state index < -0.39 is 0 Å². The Morgan fingerprint density at radius 3 is 2.77 bits per heavy atom. The van der Waals surface area contributed by atoms with Crippen LogP contribution >= 0.6 is 11.3 Å². The number of rotatable bonds is 5. The van der Waals surface area contributed by atoms with Gasteiger partial charge in [-0.05, 0) is 55.0 Å². The van der Waals surface area contributed by atoms with Crippen molar-refractivity contribution in [3.05, 3.63) is 70.1 Å². The number of pyridine rings is 1. The molecule has 0 fully saturated rings. The molecule has 1 unspecified atom stereocenters. The number of para-hydroxylation sites is 1. The minimum Gasteiger partial charge on any atom is -0.497 e. The van der Waals surface area contributed by atoms with Crippen LogP contribution in [0.5, 0.6) is 11.5 Å². The number of nitrogens with zero attached hydrogens (tertiary/aromatic N) is 2. The first kappa shape index (κ1) is 22.9. The van der Waals surface area contributed by atoms with Crippen molar-refractivity contribution in [2.75, 3.05) is 19.5 Å². The molecule has 2 aromatic carbocycles. The molecule has 1 amide bonds. The highest BCUT2D eigenvalue weighted by atomic mass is 32.1. The van der Waals surface area contributed by atoms with Crippen molar-refractivity contribution in [1.82, 2.24) is 4.98 Å². The molecular formula is C28H25N3O3S. The minimum absolute atomic E-state index is 0.263. The number of ether oxygens (including phenoxy) is 2. The second kappa shape index (κ2) is 9.40. The van der Waals surface area contributed by atoms with Gasteiger partial charge in [-0.2, -0.15) is 5.26 Å². The van der Waals surface area contributed by atoms with E-state index in [1.807, 2.05) is 36.4 Å². The van der Waals surface area contributed by atoms with Crippen molar-refractivity contribution in [2.24, 2.45) is 5.92 Å². The summed E-state index contributed by atoms with van der Waals surface area (Å²) in [6.45, 7) is 2.23. The molecule has 1 N–H and O–H groups in total. The van der Waals surface area contributed by atoms with Gasteiger partial charge >= 0.3 is 0 Å². The lowest BCUT2D eigenvalue weighted by molar-refractivity contribution is 0.102. The number of nitrogens with one attached hydrogen (secondary N) is 1. The number of hydrogen-bond acceptors (Lipinski definition) is 6. The fraction of sp³-hybridized carbons (Fsp3) is 0.250. The molecule has 176 valence electrons. The Kier molecular flexibility index (Phi) is 6.14. The molecule has 0 bridgehead atoms. The highest BCUT2D eigenvalue weighted by molar-refractivity contribution is 7.16. The number of aromatic nitrogens is 1. The molecule has 1 aliphatic carbocycles. The highest BCUT2D eigenvalue weighted by Gasteiger charge is 2.25. The van der Waals surface area contributed by atoms with Crippen molar-refractivity contribution in [1.29, 1.82) is 5.26 Å². The quantitative estimate of drug-likeness (QED) is 0.364. The normalized spacial score (nSPS) is 14.7. The van der Waals surface area contributed by atoms with E-state index in [2.05, 4.69) is 18.3 Å². The molecule has 6 nitrogen and oxygen atoms in total. The Morgan fingerprint density at radius 2 is 2.00 bits per heavy atom. The fourth-order valence-electron chi connectivity index (χ4n) is 4.64. The Morgan fingerprint density at radius 1 is 1.17 bits per heavy atom. The van der Waals surface area contributed by atoms with Crippen LogP contribution < -0.4 is 14.8 Å². The largest absolute Gasteiger partial charge is 0.497 e. The summed E-state index contributed by atoms with van der Waals surface area (Å²) in [5, 5.41) is 14.3. The zero-order valence-corrected chi connectivity index (χ0v) is 20.7. The summed E-state index contributed by atoms with van der Waals surface area (Å²) in [4.78, 5) is 19.6. The number of nitriles is 1. The topological polar surface area (TPSA) is 84.2 Å². The molecule has 4 aromatic rings. The molecule has 2 heterocycles. The Hall–Kier alpha value is -3.89. The van der Waals surface area contributed by atoms with E-state index in [0.717, 1.165) is 35.8 Å². The average molecular weight is 484 g/mol. The van der Waals surface area contributed by atoms with Gasteiger partial charge in [-0.15, -0.1) is 11.3 Å². The summed E-state index contributed by atoms with van der Waals surface area (Å²) in [7, 11) is 3.19. The van der Waals surface area contributed by atoms with Crippen LogP contribution in [-0.2, 0) is 12.8 Å². The van der Waals surface area contributed by atoms with Crippen LogP contribution in [0.1, 0.15) is 39.7 Å². The molecular weight excluding hydrogens is 458 g/mol. The molecule has 1 atom stereocenters. The molecule has 5 rings (SSSR count). The van der Waals surface area contributed by atoms with Crippen molar-refractivity contribution in [3.8, 4) is 28.8 Å². The van der Waals surface area contributed by atoms with E-state index in [0.29, 0.717) is 44.8 Å². The second-order valence-electron chi connectivity index (χ2n) is 8.76. The van der Waals surface area contributed by atoms with Gasteiger partial charge < -0.3 is 14.8 Å². The van der Waals surface area contributed by atoms with E-state index in [-0.39, 0.29) is 5.91 Å². The first-order valence-electron chi connectivity index (χ1n) is 11.5. The first-order chi connectivity index (χ1) is 17.0. The van der Waals surface area contributed by atoms with Gasteiger partial charge in [0.25, 0.3) is 5.91 Å². The molecule has 0 spiro atoms. The number of carbonyl (C=O) groups excluding carboxylic acids is 1. The molecule has 0 aliphatic heterocycles. The van der Waals surface area contributed by atoms with Gasteiger partial charge in [-0.25, -0.2) is 4.98 Å². The lowest BCUT2D eigenvalue weighted by Crippen LogP contribution is -2.13. The van der Waals surface area contributed by atoms with Gasteiger partial charge in [0.15, 0.2) is 0 Å². The van der Waals surface area contributed by atoms with Crippen molar-refractivity contribution in [3.63, 3.8) is 0 Å². The molecule has 1 aliphatic rings. The Balaban J connectivity index is 1.59. The number of thiophene rings is 1. The van der Waals surface area contributed by atoms with Gasteiger partial charge in [0.05, 0.1) is 36.6 Å². The van der Waals surface area contributed by atoms with E-state index in [1.165, 1.54) is 16.2 Å². The van der Waals surface area contributed by atoms with Crippen molar-refractivity contribution in [2.45, 2.75) is 26.2 Å². The van der Waals surface area contributed by atoms with Gasteiger partial charge in [0, 0.05) is 21.9 Å². The van der Waals surface area contributed by atoms with Crippen molar-refractivity contribution < 1.29 is 14.3 Å². The fourth-order valence-corrected chi connectivity index (χ4v) is 6.00. The number of anilines is 1. The number of fused-ring (bicyclic) bond motifs is 2. The van der Waals surface area contributed by atoms with Crippen molar-refractivity contribution >= 4 is 33.1 Å². The van der Waals surface area contributed by atoms with Crippen LogP contribution in [0.2, 0.25) is 0 Å². The summed E-state index contributed by atoms with van der Waals surface area (Å²) >= 11 is 1.53. The highest BCUT2D eigenvalue weighted by Crippen LogP contribution is 2.40. The Bertz CT molecular complexity index is 1490. The van der Waals surface area contributed by atoms with Crippen LogP contribution in [-0.4, -0.2) is 25.1 Å². The molecule has 35 heavy (non-hydrogen) atoms. The first-order valence-corrected chi connectivity index (χ1v) is 12.3. The van der Waals surface area contributed by atoms with Crippen LogP contribution in [0.3, 0.4) is 0 Å². The lowest BCUT2D eigenvalue weighted by Gasteiger charge is -2.17. The summed E-state index contributed by atoms with van der Waals surface area (Å²) in [5.74, 6) is 1.59. The predicted octanol–water partition coefficient (Wildman–Crippen LogP) is 6.23. The summed E-state index contributed by atoms with van der Waals surface area (Å²) in [5.41, 5.74) is 4.26. The standard InChI is InChI=1S/C28H25N3O3S/c1-16-8-10-19-22(15-29)28(35-26(19)12-16)31-27(32)21-14-24(30-23-7-5-4-6-18(21)23)20-11-9-17(33-2)13-25(20)34-3/h4-7,9,11,13-14,16H,8,10,12H2,1-3H3,(H,31,32). The van der Waals surface area contributed by atoms with Crippen LogP contribution in [0, 0.1) is 17.2 Å². The van der Waals surface area contributed by atoms with Crippen LogP contribution in [0.4, 0.5) is 5.00 Å². The van der Waals surface area contributed by atoms with Gasteiger partial charge in [-0.1, -0.05) is 25.1 Å². The third kappa shape index (κ3) is 4.22. The third-order valence-corrected chi connectivity index (χ3v) is 7.67. The van der Waals surface area contributed by atoms with E-state index in [9.17, 15) is 10.1 Å². The Labute approximate surface area is 208 Å². The average Bonchev–Trinajstić information content (AvgIpc) is 3.23. The summed E-state index contributed by atoms with van der Waals surface area (Å²) < 4.78 is 10.9. The summed E-state index contributed by atoms with van der Waals surface area (Å²) in [6.07, 6.45) is 2.89. The number of carbonyl (C=O) groups is 1. The zero-order chi connectivity index (χ0) is 24.5. The van der Waals surface area contributed by atoms with E-state index in [1.54, 1.807) is 26.4 Å². The third-order valence-electron chi connectivity index (χ3n) is 6.50. The van der Waals surface area contributed by atoms with Crippen LogP contribution in [0.25, 0.3) is 22.2 Å². The predicted molar refractivity (Wildman–Crippen MR) is 138 cm³/mol. The van der Waals surface area contributed by atoms with Crippen LogP contribution in [0.15, 0.2) is 48.5 Å². The number of amides is 1. The van der Waals surface area contributed by atoms with Gasteiger partial charge in [-0.3, -0.25) is 4.79 Å². The monoisotopic (exact) mass is 483 g/mol. The number of benzene rings is 2. The maximum atomic E-state index is 13.6. The second-order valence-corrected chi connectivity index (χ2v) is 9.87. The molecule has 0 saturated carbocycles. The SMILES string of the molecule is COc1ccc(-c2cc(C(=O)Nc3sc4c(c3C#N)CCC(C)C4)c3ccccc3n2)c(OC)c1. The summed E-state index contributed by atoms with van der Waals surface area (Å²) in [6, 6.07) is 17.2. The molecule has 0 saturated heterocycles. The molecule has 2 aromatic heterocycles. The van der Waals surface area contributed by atoms with E-state index in [4.69, 9.17) is 14.5 Å². The molecule has 7 heteroatoms. The lowest BCUT2D eigenvalue weighted by atomic mass is 9.88. The van der Waals surface area contributed by atoms with E-state index >= 15 is 0 Å². The smallest absolute Gasteiger partial charge is 0.257 e. The van der Waals surface area contributed by atoms with Gasteiger partial charge in [0.1, 0.15) is 22.6 Å².